The maximum absolute atomic E-state index is 12.2. The highest BCUT2D eigenvalue weighted by Crippen LogP contribution is 2.42. The number of nitrogens with zero attached hydrogens (tertiary/aromatic N) is 1. The van der Waals surface area contributed by atoms with Gasteiger partial charge in [-0.05, 0) is 40.7 Å². The minimum atomic E-state index is -0.507. The first-order chi connectivity index (χ1) is 17.2. The molecular formula is C27H42N2O7. The van der Waals surface area contributed by atoms with E-state index in [1.54, 1.807) is 17.9 Å². The zero-order valence-electron chi connectivity index (χ0n) is 22.2. The molecule has 0 aromatic rings. The molecule has 3 aliphatic rings. The van der Waals surface area contributed by atoms with Crippen LogP contribution in [0.4, 0.5) is 4.79 Å². The molecular weight excluding hydrogens is 464 g/mol. The van der Waals surface area contributed by atoms with Crippen molar-refractivity contribution >= 4 is 12.0 Å². The highest BCUT2D eigenvalue weighted by molar-refractivity contribution is 5.87. The minimum Gasteiger partial charge on any atom is -0.442 e. The Kier molecular flexibility index (Phi) is 10.5. The molecule has 3 fully saturated rings. The Balaban J connectivity index is 1.33. The quantitative estimate of drug-likeness (QED) is 0.275. The largest absolute Gasteiger partial charge is 0.442 e. The van der Waals surface area contributed by atoms with Crippen LogP contribution in [0.3, 0.4) is 0 Å². The zero-order chi connectivity index (χ0) is 26.1. The Morgan fingerprint density at radius 1 is 1.17 bits per heavy atom. The minimum absolute atomic E-state index is 0.0477. The molecule has 3 saturated heterocycles. The molecule has 4 atom stereocenters. The van der Waals surface area contributed by atoms with Crippen molar-refractivity contribution in [3.05, 3.63) is 36.0 Å². The lowest BCUT2D eigenvalue weighted by Crippen LogP contribution is -2.46. The molecule has 9 heteroatoms. The van der Waals surface area contributed by atoms with Crippen molar-refractivity contribution < 1.29 is 33.3 Å². The number of carbonyl (C=O) groups excluding carboxylic acids is 2. The van der Waals surface area contributed by atoms with Crippen LogP contribution in [0.5, 0.6) is 0 Å². The predicted octanol–water partition coefficient (Wildman–Crippen LogP) is 3.50. The van der Waals surface area contributed by atoms with Crippen LogP contribution < -0.4 is 5.32 Å². The lowest BCUT2D eigenvalue weighted by Gasteiger charge is -2.30. The summed E-state index contributed by atoms with van der Waals surface area (Å²) in [6, 6.07) is -0.237. The van der Waals surface area contributed by atoms with E-state index in [1.165, 1.54) is 6.08 Å². The van der Waals surface area contributed by atoms with Gasteiger partial charge in [-0.1, -0.05) is 23.8 Å². The molecule has 3 heterocycles. The van der Waals surface area contributed by atoms with Gasteiger partial charge in [-0.3, -0.25) is 4.79 Å². The molecule has 3 rings (SSSR count). The summed E-state index contributed by atoms with van der Waals surface area (Å²) in [5.41, 5.74) is 1.16. The zero-order valence-corrected chi connectivity index (χ0v) is 22.2. The van der Waals surface area contributed by atoms with E-state index in [9.17, 15) is 9.59 Å². The summed E-state index contributed by atoms with van der Waals surface area (Å²) >= 11 is 0. The van der Waals surface area contributed by atoms with Crippen molar-refractivity contribution in [3.63, 3.8) is 0 Å². The van der Waals surface area contributed by atoms with Crippen LogP contribution in [0, 0.1) is 0 Å². The van der Waals surface area contributed by atoms with Gasteiger partial charge in [0.25, 0.3) is 0 Å². The van der Waals surface area contributed by atoms with Gasteiger partial charge in [0.15, 0.2) is 6.29 Å². The van der Waals surface area contributed by atoms with Gasteiger partial charge in [0.05, 0.1) is 43.7 Å². The van der Waals surface area contributed by atoms with Gasteiger partial charge >= 0.3 is 6.09 Å². The second kappa shape index (κ2) is 13.4. The Morgan fingerprint density at radius 3 is 2.50 bits per heavy atom. The topological polar surface area (TPSA) is 98.9 Å². The standard InChI is InChI=1S/C27H42N2O7/c1-6-29(7-2)26(31)36-20(4)10-12-24(30)28-22-16-32-25(33-17-22)13-9-19(3)8-11-23-15-27(18-34-27)14-21(5)35-23/h8-12,20-23,25H,6-7,13-18H2,1-5H3,(H,28,30)/t20?,21?,22?,23-,25?,27-/m1/s1. The smallest absolute Gasteiger partial charge is 0.410 e. The first-order valence-electron chi connectivity index (χ1n) is 13.0. The molecule has 1 spiro atoms. The van der Waals surface area contributed by atoms with Crippen LogP contribution in [0.1, 0.15) is 53.9 Å². The maximum Gasteiger partial charge on any atom is 0.410 e. The van der Waals surface area contributed by atoms with Crippen LogP contribution in [-0.4, -0.2) is 86.1 Å². The van der Waals surface area contributed by atoms with E-state index in [1.807, 2.05) is 20.8 Å². The molecule has 9 nitrogen and oxygen atoms in total. The van der Waals surface area contributed by atoms with Gasteiger partial charge in [0.2, 0.25) is 5.91 Å². The summed E-state index contributed by atoms with van der Waals surface area (Å²) < 4.78 is 28.5. The Hall–Kier alpha value is -2.20. The predicted molar refractivity (Wildman–Crippen MR) is 135 cm³/mol. The van der Waals surface area contributed by atoms with Gasteiger partial charge in [-0.2, -0.15) is 0 Å². The summed E-state index contributed by atoms with van der Waals surface area (Å²) in [7, 11) is 0. The van der Waals surface area contributed by atoms with E-state index in [0.717, 1.165) is 25.0 Å². The van der Waals surface area contributed by atoms with Crippen molar-refractivity contribution in [2.45, 2.75) is 90.1 Å². The summed E-state index contributed by atoms with van der Waals surface area (Å²) in [5.74, 6) is -0.283. The SMILES string of the molecule is CCN(CC)C(=O)OC(C)C=CC(=O)NC1COC(CC=C(C)C=C[C@@H]2C[C@@]3(CO3)CC(C)O2)OC1. The molecule has 202 valence electrons. The van der Waals surface area contributed by atoms with Crippen molar-refractivity contribution in [1.82, 2.24) is 10.2 Å². The van der Waals surface area contributed by atoms with Gasteiger partial charge in [0.1, 0.15) is 6.10 Å². The van der Waals surface area contributed by atoms with E-state index in [2.05, 4.69) is 30.5 Å². The number of epoxide rings is 1. The Bertz CT molecular complexity index is 824. The van der Waals surface area contributed by atoms with Crippen molar-refractivity contribution in [2.24, 2.45) is 0 Å². The second-order valence-electron chi connectivity index (χ2n) is 9.83. The molecule has 2 amide bonds. The number of ether oxygens (including phenoxy) is 5. The average molecular weight is 507 g/mol. The number of allylic oxidation sites excluding steroid dienone is 2. The van der Waals surface area contributed by atoms with E-state index in [4.69, 9.17) is 23.7 Å². The average Bonchev–Trinajstić information content (AvgIpc) is 3.58. The highest BCUT2D eigenvalue weighted by atomic mass is 16.7. The molecule has 0 aliphatic carbocycles. The second-order valence-corrected chi connectivity index (χ2v) is 9.83. The number of hydrogen-bond acceptors (Lipinski definition) is 7. The summed E-state index contributed by atoms with van der Waals surface area (Å²) in [4.78, 5) is 25.8. The fraction of sp³-hybridized carbons (Fsp3) is 0.704. The third kappa shape index (κ3) is 9.03. The van der Waals surface area contributed by atoms with E-state index >= 15 is 0 Å². The van der Waals surface area contributed by atoms with Crippen molar-refractivity contribution in [1.29, 1.82) is 0 Å². The van der Waals surface area contributed by atoms with E-state index in [0.29, 0.717) is 32.7 Å². The Morgan fingerprint density at radius 2 is 1.86 bits per heavy atom. The molecule has 0 bridgehead atoms. The molecule has 2 unspecified atom stereocenters. The molecule has 0 saturated carbocycles. The lowest BCUT2D eigenvalue weighted by atomic mass is 9.92. The molecule has 1 N–H and O–H groups in total. The van der Waals surface area contributed by atoms with E-state index in [-0.39, 0.29) is 36.0 Å². The maximum atomic E-state index is 12.2. The number of carbonyl (C=O) groups is 2. The fourth-order valence-corrected chi connectivity index (χ4v) is 4.42. The molecule has 0 radical (unpaired) electrons. The molecule has 0 aromatic heterocycles. The molecule has 3 aliphatic heterocycles. The van der Waals surface area contributed by atoms with Crippen LogP contribution in [0.15, 0.2) is 36.0 Å². The highest BCUT2D eigenvalue weighted by Gasteiger charge is 2.50. The third-order valence-electron chi connectivity index (χ3n) is 6.54. The van der Waals surface area contributed by atoms with Crippen molar-refractivity contribution in [2.75, 3.05) is 32.9 Å². The van der Waals surface area contributed by atoms with Crippen molar-refractivity contribution in [3.8, 4) is 0 Å². The molecule has 36 heavy (non-hydrogen) atoms. The van der Waals surface area contributed by atoms with Gasteiger partial charge in [0, 0.05) is 38.4 Å². The van der Waals surface area contributed by atoms with E-state index < -0.39 is 12.2 Å². The van der Waals surface area contributed by atoms with Gasteiger partial charge in [-0.25, -0.2) is 4.79 Å². The van der Waals surface area contributed by atoms with Crippen LogP contribution in [0.25, 0.3) is 0 Å². The number of nitrogens with one attached hydrogen (secondary N) is 1. The van der Waals surface area contributed by atoms with Crippen LogP contribution >= 0.6 is 0 Å². The number of rotatable bonds is 10. The monoisotopic (exact) mass is 506 g/mol. The van der Waals surface area contributed by atoms with Gasteiger partial charge < -0.3 is 33.9 Å². The van der Waals surface area contributed by atoms with Crippen LogP contribution in [0.2, 0.25) is 0 Å². The number of amides is 2. The molecule has 0 aromatic carbocycles. The van der Waals surface area contributed by atoms with Crippen LogP contribution in [-0.2, 0) is 28.5 Å². The lowest BCUT2D eigenvalue weighted by molar-refractivity contribution is -0.187. The number of hydrogen-bond donors (Lipinski definition) is 1. The first-order valence-corrected chi connectivity index (χ1v) is 13.0. The van der Waals surface area contributed by atoms with Gasteiger partial charge in [-0.15, -0.1) is 0 Å². The fourth-order valence-electron chi connectivity index (χ4n) is 4.42. The summed E-state index contributed by atoms with van der Waals surface area (Å²) in [5, 5.41) is 2.85. The third-order valence-corrected chi connectivity index (χ3v) is 6.54. The first kappa shape index (κ1) is 28.4. The normalized spacial score (nSPS) is 31.5. The summed E-state index contributed by atoms with van der Waals surface area (Å²) in [6.45, 7) is 12.4. The summed E-state index contributed by atoms with van der Waals surface area (Å²) in [6.07, 6.45) is 10.8. The Labute approximate surface area is 214 Å².